The third-order valence-electron chi connectivity index (χ3n) is 4.97. The smallest absolute Gasteiger partial charge is 0.205 e. The Morgan fingerprint density at radius 2 is 1.83 bits per heavy atom. The van der Waals surface area contributed by atoms with E-state index >= 15 is 0 Å². The van der Waals surface area contributed by atoms with Crippen molar-refractivity contribution in [1.82, 2.24) is 9.38 Å². The molecule has 0 unspecified atom stereocenters. The number of thiophene rings is 1. The number of aromatic nitrogens is 2. The van der Waals surface area contributed by atoms with E-state index in [0.29, 0.717) is 16.2 Å². The number of hydrogen-bond donors (Lipinski definition) is 0. The molecule has 0 aliphatic heterocycles. The molecule has 0 radical (unpaired) electrons. The van der Waals surface area contributed by atoms with Gasteiger partial charge in [-0.2, -0.15) is 0 Å². The van der Waals surface area contributed by atoms with E-state index in [-0.39, 0.29) is 11.6 Å². The van der Waals surface area contributed by atoms with Crippen LogP contribution in [0.25, 0.3) is 16.7 Å². The molecule has 0 spiro atoms. The van der Waals surface area contributed by atoms with Gasteiger partial charge in [0.1, 0.15) is 21.9 Å². The molecular formula is C24H17FN2OS2. The molecule has 0 N–H and O–H groups in total. The van der Waals surface area contributed by atoms with Crippen molar-refractivity contribution in [3.63, 3.8) is 0 Å². The molecule has 0 bridgehead atoms. The summed E-state index contributed by atoms with van der Waals surface area (Å²) in [5.74, 6) is 0.434. The maximum absolute atomic E-state index is 13.3. The van der Waals surface area contributed by atoms with Gasteiger partial charge in [-0.1, -0.05) is 48.5 Å². The van der Waals surface area contributed by atoms with Crippen LogP contribution in [0.1, 0.15) is 26.4 Å². The second-order valence-corrected chi connectivity index (χ2v) is 9.29. The van der Waals surface area contributed by atoms with E-state index in [1.807, 2.05) is 55.6 Å². The third-order valence-corrected chi connectivity index (χ3v) is 7.47. The van der Waals surface area contributed by atoms with Gasteiger partial charge in [-0.25, -0.2) is 9.37 Å². The Balaban J connectivity index is 1.63. The number of fused-ring (bicyclic) bond motifs is 3. The van der Waals surface area contributed by atoms with Crippen LogP contribution in [-0.2, 0) is 5.75 Å². The topological polar surface area (TPSA) is 34.4 Å². The number of nitrogens with zero attached hydrogens (tertiary/aromatic N) is 2. The van der Waals surface area contributed by atoms with Gasteiger partial charge in [0.2, 0.25) is 5.78 Å². The van der Waals surface area contributed by atoms with Crippen LogP contribution in [0.5, 0.6) is 0 Å². The van der Waals surface area contributed by atoms with Gasteiger partial charge < -0.3 is 0 Å². The van der Waals surface area contributed by atoms with E-state index in [1.165, 1.54) is 23.5 Å². The van der Waals surface area contributed by atoms with Crippen molar-refractivity contribution in [2.45, 2.75) is 16.9 Å². The third kappa shape index (κ3) is 3.32. The molecule has 0 saturated carbocycles. The number of rotatable bonds is 5. The Morgan fingerprint density at radius 1 is 1.07 bits per heavy atom. The van der Waals surface area contributed by atoms with Crippen LogP contribution < -0.4 is 0 Å². The summed E-state index contributed by atoms with van der Waals surface area (Å²) in [5.41, 5.74) is 5.32. The Kier molecular flexibility index (Phi) is 4.89. The predicted octanol–water partition coefficient (Wildman–Crippen LogP) is 6.52. The zero-order valence-corrected chi connectivity index (χ0v) is 17.8. The maximum atomic E-state index is 13.3. The molecule has 0 saturated heterocycles. The number of thioether (sulfide) groups is 1. The van der Waals surface area contributed by atoms with Crippen molar-refractivity contribution in [2.75, 3.05) is 0 Å². The molecule has 3 heterocycles. The first-order valence-corrected chi connectivity index (χ1v) is 11.3. The van der Waals surface area contributed by atoms with Gasteiger partial charge >= 0.3 is 0 Å². The molecule has 5 rings (SSSR count). The van der Waals surface area contributed by atoms with Gasteiger partial charge in [0.25, 0.3) is 0 Å². The largest absolute Gasteiger partial charge is 0.298 e. The van der Waals surface area contributed by atoms with Crippen molar-refractivity contribution in [2.24, 2.45) is 0 Å². The zero-order chi connectivity index (χ0) is 20.7. The van der Waals surface area contributed by atoms with E-state index in [4.69, 9.17) is 4.98 Å². The highest BCUT2D eigenvalue weighted by Gasteiger charge is 2.23. The molecule has 3 nitrogen and oxygen atoms in total. The number of hydrogen-bond acceptors (Lipinski definition) is 4. The van der Waals surface area contributed by atoms with Crippen molar-refractivity contribution in [1.29, 1.82) is 0 Å². The van der Waals surface area contributed by atoms with Crippen molar-refractivity contribution in [3.8, 4) is 0 Å². The number of ketones is 1. The zero-order valence-electron chi connectivity index (χ0n) is 16.1. The molecule has 5 aromatic rings. The Hall–Kier alpha value is -2.96. The summed E-state index contributed by atoms with van der Waals surface area (Å²) >= 11 is 3.13. The average Bonchev–Trinajstić information content (AvgIpc) is 3.32. The lowest BCUT2D eigenvalue weighted by molar-refractivity contribution is 0.104. The molecule has 3 aromatic heterocycles. The highest BCUT2D eigenvalue weighted by molar-refractivity contribution is 8.00. The van der Waals surface area contributed by atoms with Gasteiger partial charge in [0, 0.05) is 17.5 Å². The minimum atomic E-state index is -0.240. The minimum absolute atomic E-state index is 0.0136. The maximum Gasteiger partial charge on any atom is 0.205 e. The van der Waals surface area contributed by atoms with E-state index < -0.39 is 0 Å². The Bertz CT molecular complexity index is 1370. The minimum Gasteiger partial charge on any atom is -0.298 e. The van der Waals surface area contributed by atoms with Crippen LogP contribution in [0.4, 0.5) is 4.39 Å². The lowest BCUT2D eigenvalue weighted by Gasteiger charge is -2.02. The summed E-state index contributed by atoms with van der Waals surface area (Å²) in [6.45, 7) is 2.02. The normalized spacial score (nSPS) is 11.4. The lowest BCUT2D eigenvalue weighted by atomic mass is 10.1. The van der Waals surface area contributed by atoms with Crippen LogP contribution in [0.15, 0.2) is 77.1 Å². The van der Waals surface area contributed by atoms with Crippen LogP contribution >= 0.6 is 23.1 Å². The fourth-order valence-corrected chi connectivity index (χ4v) is 5.86. The highest BCUT2D eigenvalue weighted by Crippen LogP contribution is 2.41. The Morgan fingerprint density at radius 3 is 2.60 bits per heavy atom. The molecule has 148 valence electrons. The summed E-state index contributed by atoms with van der Waals surface area (Å²) < 4.78 is 16.3. The van der Waals surface area contributed by atoms with Crippen molar-refractivity contribution in [3.05, 3.63) is 100 Å². The van der Waals surface area contributed by atoms with Gasteiger partial charge in [-0.15, -0.1) is 23.1 Å². The second kappa shape index (κ2) is 7.70. The first-order chi connectivity index (χ1) is 14.6. The number of carbonyl (C=O) groups excluding carboxylic acids is 1. The first kappa shape index (κ1) is 19.0. The van der Waals surface area contributed by atoms with Gasteiger partial charge in [-0.3, -0.25) is 9.20 Å². The number of aryl methyl sites for hydroxylation is 1. The molecule has 0 atom stereocenters. The molecular weight excluding hydrogens is 415 g/mol. The van der Waals surface area contributed by atoms with E-state index in [1.54, 1.807) is 23.9 Å². The van der Waals surface area contributed by atoms with E-state index in [9.17, 15) is 9.18 Å². The SMILES string of the molecule is Cc1cccn2c1nc1c(C(=O)c3ccccc3)sc(SCc3ccc(F)cc3)c12. The summed E-state index contributed by atoms with van der Waals surface area (Å²) in [6.07, 6.45) is 1.99. The second-order valence-electron chi connectivity index (χ2n) is 7.02. The number of carbonyl (C=O) groups is 1. The van der Waals surface area contributed by atoms with Crippen LogP contribution in [-0.4, -0.2) is 15.2 Å². The van der Waals surface area contributed by atoms with Gasteiger partial charge in [0.15, 0.2) is 0 Å². The van der Waals surface area contributed by atoms with Crippen molar-refractivity contribution >= 4 is 45.6 Å². The van der Waals surface area contributed by atoms with Crippen molar-refractivity contribution < 1.29 is 9.18 Å². The number of benzene rings is 2. The molecule has 0 aliphatic carbocycles. The standard InChI is InChI=1S/C24H17FN2OS2/c1-15-6-5-13-27-20-19(26-23(15)27)22(21(28)17-7-3-2-4-8-17)30-24(20)29-14-16-9-11-18(25)12-10-16/h2-13H,14H2,1H3. The molecule has 0 amide bonds. The van der Waals surface area contributed by atoms with Gasteiger partial charge in [-0.05, 0) is 36.2 Å². The summed E-state index contributed by atoms with van der Waals surface area (Å²) in [7, 11) is 0. The highest BCUT2D eigenvalue weighted by atomic mass is 32.2. The number of halogens is 1. The van der Waals surface area contributed by atoms with Crippen LogP contribution in [0.2, 0.25) is 0 Å². The fraction of sp³-hybridized carbons (Fsp3) is 0.0833. The molecule has 6 heteroatoms. The lowest BCUT2D eigenvalue weighted by Crippen LogP contribution is -1.98. The summed E-state index contributed by atoms with van der Waals surface area (Å²) in [5, 5.41) is 0. The molecule has 0 aliphatic rings. The van der Waals surface area contributed by atoms with E-state index in [2.05, 4.69) is 4.40 Å². The average molecular weight is 433 g/mol. The van der Waals surface area contributed by atoms with Gasteiger partial charge in [0.05, 0.1) is 9.73 Å². The fourth-order valence-electron chi connectivity index (χ4n) is 3.45. The summed E-state index contributed by atoms with van der Waals surface area (Å²) in [4.78, 5) is 18.7. The number of pyridine rings is 1. The molecule has 0 fully saturated rings. The summed E-state index contributed by atoms with van der Waals surface area (Å²) in [6, 6.07) is 19.9. The van der Waals surface area contributed by atoms with E-state index in [0.717, 1.165) is 32.0 Å². The van der Waals surface area contributed by atoms with Crippen LogP contribution in [0, 0.1) is 12.7 Å². The molecule has 30 heavy (non-hydrogen) atoms. The quantitative estimate of drug-likeness (QED) is 0.234. The molecule has 2 aromatic carbocycles. The first-order valence-electron chi connectivity index (χ1n) is 9.49. The monoisotopic (exact) mass is 432 g/mol. The number of imidazole rings is 1. The van der Waals surface area contributed by atoms with Crippen LogP contribution in [0.3, 0.4) is 0 Å². The Labute approximate surface area is 181 Å². The predicted molar refractivity (Wildman–Crippen MR) is 121 cm³/mol.